The van der Waals surface area contributed by atoms with E-state index in [-0.39, 0.29) is 25.0 Å². The molecule has 1 N–H and O–H groups in total. The van der Waals surface area contributed by atoms with Gasteiger partial charge in [-0.25, -0.2) is 4.39 Å². The number of hydrogen-bond donors (Lipinski definition) is 1. The molecule has 1 heterocycles. The van der Waals surface area contributed by atoms with Crippen molar-refractivity contribution in [2.75, 3.05) is 44.6 Å². The van der Waals surface area contributed by atoms with E-state index in [4.69, 9.17) is 4.74 Å². The highest BCUT2D eigenvalue weighted by molar-refractivity contribution is 5.92. The van der Waals surface area contributed by atoms with Crippen molar-refractivity contribution < 1.29 is 18.7 Å². The van der Waals surface area contributed by atoms with Crippen LogP contribution in [0.2, 0.25) is 0 Å². The first-order valence-electron chi connectivity index (χ1n) is 9.67. The second kappa shape index (κ2) is 9.52. The molecule has 0 spiro atoms. The molecule has 0 radical (unpaired) electrons. The third kappa shape index (κ3) is 5.77. The fourth-order valence-corrected chi connectivity index (χ4v) is 3.38. The van der Waals surface area contributed by atoms with Gasteiger partial charge >= 0.3 is 0 Å². The van der Waals surface area contributed by atoms with Gasteiger partial charge in [0, 0.05) is 31.9 Å². The Balaban J connectivity index is 1.42. The highest BCUT2D eigenvalue weighted by Crippen LogP contribution is 2.22. The van der Waals surface area contributed by atoms with E-state index in [0.717, 1.165) is 16.9 Å². The van der Waals surface area contributed by atoms with Crippen LogP contribution in [0.25, 0.3) is 0 Å². The third-order valence-electron chi connectivity index (χ3n) is 4.95. The Morgan fingerprint density at radius 3 is 2.34 bits per heavy atom. The molecule has 0 aliphatic carbocycles. The van der Waals surface area contributed by atoms with Crippen LogP contribution in [0.15, 0.2) is 42.5 Å². The summed E-state index contributed by atoms with van der Waals surface area (Å²) in [6.45, 7) is 6.42. The van der Waals surface area contributed by atoms with Crippen molar-refractivity contribution in [3.63, 3.8) is 0 Å². The number of ether oxygens (including phenoxy) is 1. The molecule has 2 aromatic carbocycles. The lowest BCUT2D eigenvalue weighted by atomic mass is 10.1. The van der Waals surface area contributed by atoms with Gasteiger partial charge in [-0.3, -0.25) is 14.5 Å². The lowest BCUT2D eigenvalue weighted by Crippen LogP contribution is -2.51. The van der Waals surface area contributed by atoms with Crippen LogP contribution in [-0.2, 0) is 9.59 Å². The van der Waals surface area contributed by atoms with Crippen LogP contribution < -0.4 is 10.1 Å². The van der Waals surface area contributed by atoms with Gasteiger partial charge < -0.3 is 15.0 Å². The Morgan fingerprint density at radius 2 is 1.69 bits per heavy atom. The number of carbonyl (C=O) groups excluding carboxylic acids is 2. The highest BCUT2D eigenvalue weighted by Gasteiger charge is 2.23. The van der Waals surface area contributed by atoms with Crippen molar-refractivity contribution in [1.29, 1.82) is 0 Å². The molecule has 3 rings (SSSR count). The molecule has 7 heteroatoms. The van der Waals surface area contributed by atoms with Gasteiger partial charge in [0.1, 0.15) is 11.6 Å². The maximum Gasteiger partial charge on any atom is 0.260 e. The minimum atomic E-state index is -0.391. The van der Waals surface area contributed by atoms with E-state index in [1.807, 2.05) is 36.9 Å². The zero-order chi connectivity index (χ0) is 20.8. The van der Waals surface area contributed by atoms with Crippen molar-refractivity contribution in [1.82, 2.24) is 9.80 Å². The van der Waals surface area contributed by atoms with Gasteiger partial charge in [-0.2, -0.15) is 0 Å². The molecule has 1 saturated heterocycles. The molecule has 154 valence electrons. The molecule has 0 saturated carbocycles. The second-order valence-corrected chi connectivity index (χ2v) is 7.23. The Bertz CT molecular complexity index is 859. The zero-order valence-corrected chi connectivity index (χ0v) is 16.8. The quantitative estimate of drug-likeness (QED) is 0.811. The van der Waals surface area contributed by atoms with E-state index in [1.54, 1.807) is 17.0 Å². The number of nitrogens with zero attached hydrogens (tertiary/aromatic N) is 2. The predicted octanol–water partition coefficient (Wildman–Crippen LogP) is 2.60. The van der Waals surface area contributed by atoms with Crippen LogP contribution in [0.3, 0.4) is 0 Å². The highest BCUT2D eigenvalue weighted by atomic mass is 19.1. The van der Waals surface area contributed by atoms with Gasteiger partial charge in [-0.05, 0) is 43.2 Å². The average Bonchev–Trinajstić information content (AvgIpc) is 2.68. The first kappa shape index (κ1) is 20.8. The first-order valence-corrected chi connectivity index (χ1v) is 9.67. The van der Waals surface area contributed by atoms with E-state index >= 15 is 0 Å². The molecule has 0 atom stereocenters. The SMILES string of the molecule is Cc1cccc(C)c1OCC(=O)N1CCN(CC(=O)Nc2cccc(F)c2)CC1. The molecule has 29 heavy (non-hydrogen) atoms. The number of para-hydroxylation sites is 1. The number of nitrogens with one attached hydrogen (secondary N) is 1. The maximum absolute atomic E-state index is 13.2. The van der Waals surface area contributed by atoms with E-state index in [0.29, 0.717) is 31.9 Å². The zero-order valence-electron chi connectivity index (χ0n) is 16.8. The molecule has 1 aliphatic rings. The van der Waals surface area contributed by atoms with Gasteiger partial charge in [0.15, 0.2) is 6.61 Å². The molecule has 2 amide bonds. The minimum absolute atomic E-state index is 0.00571. The molecule has 1 fully saturated rings. The molecule has 1 aliphatic heterocycles. The lowest BCUT2D eigenvalue weighted by Gasteiger charge is -2.34. The van der Waals surface area contributed by atoms with Gasteiger partial charge in [-0.1, -0.05) is 24.3 Å². The van der Waals surface area contributed by atoms with Crippen LogP contribution in [0.1, 0.15) is 11.1 Å². The lowest BCUT2D eigenvalue weighted by molar-refractivity contribution is -0.135. The van der Waals surface area contributed by atoms with E-state index in [2.05, 4.69) is 5.32 Å². The van der Waals surface area contributed by atoms with Crippen molar-refractivity contribution >= 4 is 17.5 Å². The summed E-state index contributed by atoms with van der Waals surface area (Å²) >= 11 is 0. The monoisotopic (exact) mass is 399 g/mol. The van der Waals surface area contributed by atoms with Gasteiger partial charge in [0.05, 0.1) is 6.54 Å². The maximum atomic E-state index is 13.2. The summed E-state index contributed by atoms with van der Waals surface area (Å²) < 4.78 is 19.0. The smallest absolute Gasteiger partial charge is 0.260 e. The largest absolute Gasteiger partial charge is 0.483 e. The summed E-state index contributed by atoms with van der Waals surface area (Å²) in [5.41, 5.74) is 2.45. The standard InChI is InChI=1S/C22H26FN3O3/c1-16-5-3-6-17(2)22(16)29-15-21(28)26-11-9-25(10-12-26)14-20(27)24-19-8-4-7-18(23)13-19/h3-8,13H,9-12,14-15H2,1-2H3,(H,24,27). The average molecular weight is 399 g/mol. The molecule has 6 nitrogen and oxygen atoms in total. The number of halogens is 1. The normalized spacial score (nSPS) is 14.5. The van der Waals surface area contributed by atoms with Crippen molar-refractivity contribution in [2.24, 2.45) is 0 Å². The van der Waals surface area contributed by atoms with E-state index < -0.39 is 5.82 Å². The molecule has 0 unspecified atom stereocenters. The first-order chi connectivity index (χ1) is 13.9. The summed E-state index contributed by atoms with van der Waals surface area (Å²) in [5.74, 6) is 0.108. The van der Waals surface area contributed by atoms with Gasteiger partial charge in [-0.15, -0.1) is 0 Å². The Hall–Kier alpha value is -2.93. The fraction of sp³-hybridized carbons (Fsp3) is 0.364. The number of anilines is 1. The number of rotatable bonds is 6. The van der Waals surface area contributed by atoms with Gasteiger partial charge in [0.25, 0.3) is 5.91 Å². The fourth-order valence-electron chi connectivity index (χ4n) is 3.38. The summed E-state index contributed by atoms with van der Waals surface area (Å²) in [7, 11) is 0. The van der Waals surface area contributed by atoms with Gasteiger partial charge in [0.2, 0.25) is 5.91 Å². The molecule has 0 bridgehead atoms. The molecule has 2 aromatic rings. The third-order valence-corrected chi connectivity index (χ3v) is 4.95. The molecular weight excluding hydrogens is 373 g/mol. The number of benzene rings is 2. The summed E-state index contributed by atoms with van der Waals surface area (Å²) in [4.78, 5) is 28.4. The minimum Gasteiger partial charge on any atom is -0.483 e. The number of aryl methyl sites for hydroxylation is 2. The van der Waals surface area contributed by atoms with Crippen LogP contribution in [-0.4, -0.2) is 60.9 Å². The van der Waals surface area contributed by atoms with Crippen LogP contribution >= 0.6 is 0 Å². The van der Waals surface area contributed by atoms with Crippen molar-refractivity contribution in [3.8, 4) is 5.75 Å². The van der Waals surface area contributed by atoms with E-state index in [1.165, 1.54) is 12.1 Å². The second-order valence-electron chi connectivity index (χ2n) is 7.23. The summed E-state index contributed by atoms with van der Waals surface area (Å²) in [6, 6.07) is 11.7. The van der Waals surface area contributed by atoms with Crippen LogP contribution in [0, 0.1) is 19.7 Å². The van der Waals surface area contributed by atoms with Crippen molar-refractivity contribution in [3.05, 3.63) is 59.4 Å². The van der Waals surface area contributed by atoms with Crippen LogP contribution in [0.5, 0.6) is 5.75 Å². The topological polar surface area (TPSA) is 61.9 Å². The van der Waals surface area contributed by atoms with Crippen molar-refractivity contribution in [2.45, 2.75) is 13.8 Å². The Morgan fingerprint density at radius 1 is 1.03 bits per heavy atom. The number of amides is 2. The Kier molecular flexibility index (Phi) is 6.82. The number of piperazine rings is 1. The Labute approximate surface area is 170 Å². The van der Waals surface area contributed by atoms with E-state index in [9.17, 15) is 14.0 Å². The molecule has 0 aromatic heterocycles. The molecular formula is C22H26FN3O3. The predicted molar refractivity (Wildman–Crippen MR) is 109 cm³/mol. The van der Waals surface area contributed by atoms with Crippen LogP contribution in [0.4, 0.5) is 10.1 Å². The number of carbonyl (C=O) groups is 2. The summed E-state index contributed by atoms with van der Waals surface area (Å²) in [5, 5.41) is 2.69. The summed E-state index contributed by atoms with van der Waals surface area (Å²) in [6.07, 6.45) is 0. The number of hydrogen-bond acceptors (Lipinski definition) is 4.